The summed E-state index contributed by atoms with van der Waals surface area (Å²) in [5, 5.41) is 18.6. The molecule has 1 amide bonds. The number of carboxylic acids is 1. The van der Waals surface area contributed by atoms with Crippen LogP contribution in [0.15, 0.2) is 46.8 Å². The third-order valence-electron chi connectivity index (χ3n) is 3.36. The van der Waals surface area contributed by atoms with Crippen molar-refractivity contribution in [2.24, 2.45) is 4.99 Å². The van der Waals surface area contributed by atoms with Crippen LogP contribution in [0.4, 0.5) is 5.13 Å². The number of aliphatic imine (C=N–C) groups is 1. The summed E-state index contributed by atoms with van der Waals surface area (Å²) in [6.45, 7) is 5.85. The molecule has 0 radical (unpaired) electrons. The molecule has 1 fully saturated rings. The zero-order valence-electron chi connectivity index (χ0n) is 13.7. The average molecular weight is 386 g/mol. The van der Waals surface area contributed by atoms with E-state index < -0.39 is 5.97 Å². The summed E-state index contributed by atoms with van der Waals surface area (Å²) >= 11 is 2.58. The minimum Gasteiger partial charge on any atom is -0.478 e. The molecule has 1 aliphatic heterocycles. The molecule has 2 aromatic rings. The van der Waals surface area contributed by atoms with Gasteiger partial charge in [-0.1, -0.05) is 29.5 Å². The van der Waals surface area contributed by atoms with E-state index in [0.29, 0.717) is 21.7 Å². The van der Waals surface area contributed by atoms with Gasteiger partial charge >= 0.3 is 5.97 Å². The van der Waals surface area contributed by atoms with Crippen molar-refractivity contribution < 1.29 is 14.7 Å². The van der Waals surface area contributed by atoms with Crippen LogP contribution in [0.25, 0.3) is 6.08 Å². The molecule has 9 heteroatoms. The molecule has 0 saturated carbocycles. The van der Waals surface area contributed by atoms with Gasteiger partial charge in [0.25, 0.3) is 5.91 Å². The van der Waals surface area contributed by atoms with Gasteiger partial charge < -0.3 is 5.11 Å². The molecule has 1 aromatic carbocycles. The van der Waals surface area contributed by atoms with Gasteiger partial charge in [-0.05, 0) is 42.5 Å². The number of carbonyl (C=O) groups excluding carboxylic acids is 1. The minimum atomic E-state index is -0.991. The third kappa shape index (κ3) is 3.89. The molecule has 1 saturated heterocycles. The van der Waals surface area contributed by atoms with E-state index in [1.54, 1.807) is 24.3 Å². The number of hydrogen-bond acceptors (Lipinski definition) is 7. The van der Waals surface area contributed by atoms with Gasteiger partial charge in [0, 0.05) is 6.54 Å². The number of hydrogen-bond donors (Lipinski definition) is 1. The lowest BCUT2D eigenvalue weighted by atomic mass is 10.1. The molecule has 3 rings (SSSR count). The number of benzene rings is 1. The van der Waals surface area contributed by atoms with Crippen molar-refractivity contribution in [1.82, 2.24) is 15.1 Å². The van der Waals surface area contributed by atoms with Crippen LogP contribution in [0.2, 0.25) is 0 Å². The van der Waals surface area contributed by atoms with E-state index >= 15 is 0 Å². The van der Waals surface area contributed by atoms with Gasteiger partial charge in [0.1, 0.15) is 5.01 Å². The Morgan fingerprint density at radius 1 is 1.35 bits per heavy atom. The van der Waals surface area contributed by atoms with Crippen LogP contribution < -0.4 is 0 Å². The molecule has 132 valence electrons. The summed E-state index contributed by atoms with van der Waals surface area (Å²) in [5.41, 5.74) is 0.928. The van der Waals surface area contributed by atoms with Gasteiger partial charge in [0.2, 0.25) is 5.13 Å². The number of carbonyl (C=O) groups is 2. The maximum Gasteiger partial charge on any atom is 0.335 e. The largest absolute Gasteiger partial charge is 0.478 e. The molecular weight excluding hydrogens is 372 g/mol. The lowest BCUT2D eigenvalue weighted by Gasteiger charge is -2.11. The summed E-state index contributed by atoms with van der Waals surface area (Å²) in [4.78, 5) is 30.0. The number of rotatable bonds is 5. The standard InChI is InChI=1S/C17H14N4O3S2/c1-3-8-21-14(22)13(9-11-4-6-12(7-5-11)15(23)24)26-17(21)18-16-20-19-10(2)25-16/h3-7,9H,1,8H2,2H3,(H,23,24)/b13-9-,18-17+. The molecule has 1 aliphatic rings. The second-order valence-electron chi connectivity index (χ2n) is 5.24. The van der Waals surface area contributed by atoms with Crippen LogP contribution in [-0.4, -0.2) is 43.8 Å². The Labute approximate surface area is 157 Å². The zero-order valence-corrected chi connectivity index (χ0v) is 15.4. The van der Waals surface area contributed by atoms with E-state index in [1.165, 1.54) is 40.1 Å². The van der Waals surface area contributed by atoms with Gasteiger partial charge in [-0.25, -0.2) is 4.79 Å². The third-order valence-corrected chi connectivity index (χ3v) is 5.10. The molecule has 0 unspecified atom stereocenters. The highest BCUT2D eigenvalue weighted by Gasteiger charge is 2.32. The Balaban J connectivity index is 1.90. The topological polar surface area (TPSA) is 95.8 Å². The maximum absolute atomic E-state index is 12.7. The lowest BCUT2D eigenvalue weighted by molar-refractivity contribution is -0.121. The summed E-state index contributed by atoms with van der Waals surface area (Å²) in [7, 11) is 0. The summed E-state index contributed by atoms with van der Waals surface area (Å²) < 4.78 is 0. The van der Waals surface area contributed by atoms with Crippen LogP contribution in [0.3, 0.4) is 0 Å². The molecule has 1 aromatic heterocycles. The fraction of sp³-hybridized carbons (Fsp3) is 0.118. The van der Waals surface area contributed by atoms with E-state index in [-0.39, 0.29) is 11.5 Å². The summed E-state index contributed by atoms with van der Waals surface area (Å²) in [6, 6.07) is 6.31. The van der Waals surface area contributed by atoms with Gasteiger partial charge in [-0.2, -0.15) is 4.99 Å². The highest BCUT2D eigenvalue weighted by atomic mass is 32.2. The predicted octanol–water partition coefficient (Wildman–Crippen LogP) is 3.33. The molecule has 0 atom stereocenters. The van der Waals surface area contributed by atoms with Crippen LogP contribution >= 0.6 is 23.1 Å². The first kappa shape index (κ1) is 18.0. The molecule has 2 heterocycles. The van der Waals surface area contributed by atoms with Crippen molar-refractivity contribution in [3.05, 3.63) is 58.0 Å². The average Bonchev–Trinajstić information content (AvgIpc) is 3.14. The predicted molar refractivity (Wildman–Crippen MR) is 103 cm³/mol. The van der Waals surface area contributed by atoms with Crippen molar-refractivity contribution in [1.29, 1.82) is 0 Å². The molecular formula is C17H14N4O3S2. The molecule has 26 heavy (non-hydrogen) atoms. The number of aryl methyl sites for hydroxylation is 1. The van der Waals surface area contributed by atoms with Crippen molar-refractivity contribution >= 4 is 51.4 Å². The lowest BCUT2D eigenvalue weighted by Crippen LogP contribution is -2.29. The molecule has 1 N–H and O–H groups in total. The summed E-state index contributed by atoms with van der Waals surface area (Å²) in [6.07, 6.45) is 3.34. The smallest absolute Gasteiger partial charge is 0.335 e. The number of thioether (sulfide) groups is 1. The second kappa shape index (κ2) is 7.63. The highest BCUT2D eigenvalue weighted by Crippen LogP contribution is 2.34. The van der Waals surface area contributed by atoms with E-state index in [4.69, 9.17) is 5.11 Å². The summed E-state index contributed by atoms with van der Waals surface area (Å²) in [5.74, 6) is -1.17. The Morgan fingerprint density at radius 2 is 2.08 bits per heavy atom. The van der Waals surface area contributed by atoms with Crippen molar-refractivity contribution in [2.45, 2.75) is 6.92 Å². The van der Waals surface area contributed by atoms with Crippen molar-refractivity contribution in [2.75, 3.05) is 6.54 Å². The number of nitrogens with zero attached hydrogens (tertiary/aromatic N) is 4. The van der Waals surface area contributed by atoms with Crippen LogP contribution in [0.5, 0.6) is 0 Å². The molecule has 7 nitrogen and oxygen atoms in total. The first-order valence-corrected chi connectivity index (χ1v) is 9.15. The minimum absolute atomic E-state index is 0.183. The normalized spacial score (nSPS) is 17.3. The first-order chi connectivity index (χ1) is 12.5. The fourth-order valence-electron chi connectivity index (χ4n) is 2.17. The molecule has 0 bridgehead atoms. The Kier molecular flexibility index (Phi) is 5.29. The van der Waals surface area contributed by atoms with Crippen molar-refractivity contribution in [3.8, 4) is 0 Å². The Bertz CT molecular complexity index is 932. The zero-order chi connectivity index (χ0) is 18.7. The fourth-order valence-corrected chi connectivity index (χ4v) is 3.77. The first-order valence-electron chi connectivity index (χ1n) is 7.52. The van der Waals surface area contributed by atoms with E-state index in [9.17, 15) is 9.59 Å². The van der Waals surface area contributed by atoms with E-state index in [0.717, 1.165) is 10.6 Å². The van der Waals surface area contributed by atoms with Crippen LogP contribution in [0, 0.1) is 6.92 Å². The van der Waals surface area contributed by atoms with Gasteiger partial charge in [0.15, 0.2) is 5.17 Å². The number of aromatic nitrogens is 2. The Hall–Kier alpha value is -2.78. The highest BCUT2D eigenvalue weighted by molar-refractivity contribution is 8.18. The quantitative estimate of drug-likeness (QED) is 0.625. The second-order valence-corrected chi connectivity index (χ2v) is 7.41. The number of amides is 1. The molecule has 0 spiro atoms. The van der Waals surface area contributed by atoms with E-state index in [2.05, 4.69) is 21.8 Å². The molecule has 0 aliphatic carbocycles. The Morgan fingerprint density at radius 3 is 2.65 bits per heavy atom. The monoisotopic (exact) mass is 386 g/mol. The van der Waals surface area contributed by atoms with Crippen molar-refractivity contribution in [3.63, 3.8) is 0 Å². The van der Waals surface area contributed by atoms with Gasteiger partial charge in [0.05, 0.1) is 10.5 Å². The maximum atomic E-state index is 12.7. The number of amidine groups is 1. The van der Waals surface area contributed by atoms with E-state index in [1.807, 2.05) is 6.92 Å². The van der Waals surface area contributed by atoms with Gasteiger partial charge in [-0.15, -0.1) is 16.8 Å². The number of aromatic carboxylic acids is 1. The SMILES string of the molecule is C=CCN1C(=O)/C(=C/c2ccc(C(=O)O)cc2)S/C1=N/c1nnc(C)s1. The number of carboxylic acid groups (broad SMARTS) is 1. The van der Waals surface area contributed by atoms with Crippen LogP contribution in [-0.2, 0) is 4.79 Å². The van der Waals surface area contributed by atoms with Crippen LogP contribution in [0.1, 0.15) is 20.9 Å². The van der Waals surface area contributed by atoms with Gasteiger partial charge in [-0.3, -0.25) is 9.69 Å².